The molecule has 0 saturated carbocycles. The van der Waals surface area contributed by atoms with E-state index in [0.29, 0.717) is 6.54 Å². The lowest BCUT2D eigenvalue weighted by molar-refractivity contribution is 0.371. The van der Waals surface area contributed by atoms with Gasteiger partial charge in [-0.3, -0.25) is 9.67 Å². The number of nitrogens with one attached hydrogen (secondary N) is 1. The second-order valence-electron chi connectivity index (χ2n) is 5.88. The van der Waals surface area contributed by atoms with Gasteiger partial charge in [0.05, 0.1) is 13.7 Å². The zero-order chi connectivity index (χ0) is 17.6. The topological polar surface area (TPSA) is 70.8 Å². The fourth-order valence-corrected chi connectivity index (χ4v) is 2.95. The maximum absolute atomic E-state index is 5.32. The van der Waals surface area contributed by atoms with Crippen molar-refractivity contribution in [2.45, 2.75) is 6.54 Å². The number of aromatic nitrogens is 3. The molecular weight excluding hydrogens is 445 g/mol. The number of hydrogen-bond donors (Lipinski definition) is 1. The molecule has 26 heavy (non-hydrogen) atoms. The van der Waals surface area contributed by atoms with Crippen molar-refractivity contribution < 1.29 is 4.74 Å². The van der Waals surface area contributed by atoms with Crippen molar-refractivity contribution in [1.82, 2.24) is 25.0 Å². The molecular formula is C17H26IN7O. The molecule has 1 saturated heterocycles. The summed E-state index contributed by atoms with van der Waals surface area (Å²) in [4.78, 5) is 13.3. The van der Waals surface area contributed by atoms with E-state index in [4.69, 9.17) is 4.74 Å². The normalized spacial score (nSPS) is 14.8. The lowest BCUT2D eigenvalue weighted by atomic mass is 10.2. The van der Waals surface area contributed by atoms with Crippen molar-refractivity contribution in [1.29, 1.82) is 0 Å². The van der Waals surface area contributed by atoms with Gasteiger partial charge in [-0.15, -0.1) is 24.0 Å². The summed E-state index contributed by atoms with van der Waals surface area (Å²) in [5.74, 6) is 2.67. The number of aryl methyl sites for hydroxylation is 1. The fourth-order valence-electron chi connectivity index (χ4n) is 2.95. The van der Waals surface area contributed by atoms with Gasteiger partial charge >= 0.3 is 0 Å². The number of aliphatic imine (C=N–C) groups is 1. The Hall–Kier alpha value is -2.04. The summed E-state index contributed by atoms with van der Waals surface area (Å²) in [5, 5.41) is 7.45. The van der Waals surface area contributed by atoms with E-state index in [1.165, 1.54) is 5.69 Å². The number of rotatable bonds is 4. The summed E-state index contributed by atoms with van der Waals surface area (Å²) < 4.78 is 7.09. The van der Waals surface area contributed by atoms with Gasteiger partial charge in [0, 0.05) is 52.0 Å². The summed E-state index contributed by atoms with van der Waals surface area (Å²) in [5.41, 5.74) is 1.20. The predicted octanol–water partition coefficient (Wildman–Crippen LogP) is 1.34. The van der Waals surface area contributed by atoms with Gasteiger partial charge < -0.3 is 19.9 Å². The molecule has 3 rings (SSSR count). The van der Waals surface area contributed by atoms with Gasteiger partial charge in [-0.2, -0.15) is 5.10 Å². The highest BCUT2D eigenvalue weighted by Gasteiger charge is 2.20. The van der Waals surface area contributed by atoms with Gasteiger partial charge in [-0.1, -0.05) is 6.07 Å². The Balaban J connectivity index is 0.00000243. The smallest absolute Gasteiger partial charge is 0.194 e. The SMILES string of the molecule is CN=C(NCc1ncnn1C)N1CCN(c2cccc(OC)c2)CC1.I. The zero-order valence-electron chi connectivity index (χ0n) is 15.4. The van der Waals surface area contributed by atoms with Crippen molar-refractivity contribution in [2.24, 2.45) is 12.0 Å². The largest absolute Gasteiger partial charge is 0.497 e. The molecule has 0 unspecified atom stereocenters. The van der Waals surface area contributed by atoms with Crippen LogP contribution in [0, 0.1) is 0 Å². The van der Waals surface area contributed by atoms with Crippen LogP contribution in [0.25, 0.3) is 0 Å². The third-order valence-corrected chi connectivity index (χ3v) is 4.42. The van der Waals surface area contributed by atoms with E-state index >= 15 is 0 Å². The lowest BCUT2D eigenvalue weighted by Crippen LogP contribution is -2.52. The third kappa shape index (κ3) is 4.77. The Morgan fingerprint density at radius 2 is 2.04 bits per heavy atom. The van der Waals surface area contributed by atoms with Crippen LogP contribution in [-0.2, 0) is 13.6 Å². The van der Waals surface area contributed by atoms with E-state index < -0.39 is 0 Å². The lowest BCUT2D eigenvalue weighted by Gasteiger charge is -2.37. The number of piperazine rings is 1. The van der Waals surface area contributed by atoms with E-state index in [2.05, 4.69) is 42.3 Å². The maximum Gasteiger partial charge on any atom is 0.194 e. The van der Waals surface area contributed by atoms with E-state index in [1.807, 2.05) is 26.2 Å². The minimum absolute atomic E-state index is 0. The van der Waals surface area contributed by atoms with Crippen molar-refractivity contribution >= 4 is 35.6 Å². The van der Waals surface area contributed by atoms with Crippen LogP contribution in [0.15, 0.2) is 35.6 Å². The van der Waals surface area contributed by atoms with E-state index in [-0.39, 0.29) is 24.0 Å². The first-order valence-corrected chi connectivity index (χ1v) is 8.38. The number of nitrogens with zero attached hydrogens (tertiary/aromatic N) is 6. The van der Waals surface area contributed by atoms with Crippen LogP contribution in [-0.4, -0.2) is 66.0 Å². The number of benzene rings is 1. The number of anilines is 1. The summed E-state index contributed by atoms with van der Waals surface area (Å²) in [6.45, 7) is 4.32. The van der Waals surface area contributed by atoms with Crippen LogP contribution in [0.5, 0.6) is 5.75 Å². The highest BCUT2D eigenvalue weighted by molar-refractivity contribution is 14.0. The molecule has 0 atom stereocenters. The van der Waals surface area contributed by atoms with Crippen molar-refractivity contribution in [2.75, 3.05) is 45.2 Å². The molecule has 8 nitrogen and oxygen atoms in total. The summed E-state index contributed by atoms with van der Waals surface area (Å²) in [6.07, 6.45) is 1.56. The zero-order valence-corrected chi connectivity index (χ0v) is 17.8. The van der Waals surface area contributed by atoms with Crippen LogP contribution in [0.3, 0.4) is 0 Å². The number of halogens is 1. The van der Waals surface area contributed by atoms with E-state index in [0.717, 1.165) is 43.7 Å². The Morgan fingerprint density at radius 3 is 2.65 bits per heavy atom. The number of methoxy groups -OCH3 is 1. The monoisotopic (exact) mass is 471 g/mol. The van der Waals surface area contributed by atoms with Gasteiger partial charge in [0.15, 0.2) is 5.96 Å². The molecule has 1 aliphatic rings. The molecule has 0 bridgehead atoms. The van der Waals surface area contributed by atoms with Crippen LogP contribution in [0.2, 0.25) is 0 Å². The van der Waals surface area contributed by atoms with Crippen molar-refractivity contribution in [3.05, 3.63) is 36.4 Å². The number of ether oxygens (including phenoxy) is 1. The van der Waals surface area contributed by atoms with Gasteiger partial charge in [-0.05, 0) is 12.1 Å². The molecule has 1 fully saturated rings. The minimum Gasteiger partial charge on any atom is -0.497 e. The molecule has 1 N–H and O–H groups in total. The second kappa shape index (κ2) is 9.60. The Bertz CT molecular complexity index is 725. The highest BCUT2D eigenvalue weighted by atomic mass is 127. The molecule has 9 heteroatoms. The number of hydrogen-bond acceptors (Lipinski definition) is 5. The third-order valence-electron chi connectivity index (χ3n) is 4.42. The first-order valence-electron chi connectivity index (χ1n) is 8.38. The van der Waals surface area contributed by atoms with Gasteiger partial charge in [0.2, 0.25) is 0 Å². The molecule has 2 heterocycles. The first kappa shape index (κ1) is 20.3. The van der Waals surface area contributed by atoms with E-state index in [9.17, 15) is 0 Å². The van der Waals surface area contributed by atoms with Crippen LogP contribution < -0.4 is 15.0 Å². The molecule has 1 aromatic carbocycles. The van der Waals surface area contributed by atoms with Gasteiger partial charge in [-0.25, -0.2) is 4.98 Å². The summed E-state index contributed by atoms with van der Waals surface area (Å²) >= 11 is 0. The molecule has 1 aliphatic heterocycles. The summed E-state index contributed by atoms with van der Waals surface area (Å²) in [6, 6.07) is 8.20. The Kier molecular flexibility index (Phi) is 7.49. The van der Waals surface area contributed by atoms with Gasteiger partial charge in [0.25, 0.3) is 0 Å². The summed E-state index contributed by atoms with van der Waals surface area (Å²) in [7, 11) is 5.40. The van der Waals surface area contributed by atoms with Crippen molar-refractivity contribution in [3.8, 4) is 5.75 Å². The predicted molar refractivity (Wildman–Crippen MR) is 113 cm³/mol. The quantitative estimate of drug-likeness (QED) is 0.413. The highest BCUT2D eigenvalue weighted by Crippen LogP contribution is 2.22. The molecule has 0 aliphatic carbocycles. The van der Waals surface area contributed by atoms with Crippen LogP contribution in [0.4, 0.5) is 5.69 Å². The molecule has 142 valence electrons. The first-order chi connectivity index (χ1) is 12.2. The molecule has 2 aromatic rings. The Morgan fingerprint density at radius 1 is 1.27 bits per heavy atom. The van der Waals surface area contributed by atoms with E-state index in [1.54, 1.807) is 18.1 Å². The minimum atomic E-state index is 0. The van der Waals surface area contributed by atoms with Crippen LogP contribution >= 0.6 is 24.0 Å². The molecule has 0 spiro atoms. The molecule has 1 aromatic heterocycles. The number of guanidine groups is 1. The average Bonchev–Trinajstić information content (AvgIpc) is 3.08. The maximum atomic E-state index is 5.32. The Labute approximate surface area is 171 Å². The van der Waals surface area contributed by atoms with Crippen LogP contribution in [0.1, 0.15) is 5.82 Å². The fraction of sp³-hybridized carbons (Fsp3) is 0.471. The molecule has 0 amide bonds. The second-order valence-corrected chi connectivity index (χ2v) is 5.88. The standard InChI is InChI=1S/C17H25N7O.HI/c1-18-17(19-12-16-20-13-21-22(16)2)24-9-7-23(8-10-24)14-5-4-6-15(11-14)25-3;/h4-6,11,13H,7-10,12H2,1-3H3,(H,18,19);1H. The average molecular weight is 471 g/mol. The van der Waals surface area contributed by atoms with Crippen molar-refractivity contribution in [3.63, 3.8) is 0 Å². The van der Waals surface area contributed by atoms with Gasteiger partial charge in [0.1, 0.15) is 17.9 Å². The molecule has 0 radical (unpaired) electrons.